The van der Waals surface area contributed by atoms with E-state index in [9.17, 15) is 4.79 Å². The van der Waals surface area contributed by atoms with Crippen molar-refractivity contribution in [2.24, 2.45) is 5.92 Å². The van der Waals surface area contributed by atoms with Crippen LogP contribution in [0, 0.1) is 5.92 Å². The summed E-state index contributed by atoms with van der Waals surface area (Å²) in [6.07, 6.45) is 4.00. The largest absolute Gasteiger partial charge is 0.466 e. The van der Waals surface area contributed by atoms with Crippen LogP contribution in [0.15, 0.2) is 30.5 Å². The highest BCUT2D eigenvalue weighted by Gasteiger charge is 2.28. The Bertz CT molecular complexity index is 612. The van der Waals surface area contributed by atoms with Crippen LogP contribution in [-0.2, 0) is 16.1 Å². The number of aromatic amines is 1. The average Bonchev–Trinajstić information content (AvgIpc) is 2.92. The Morgan fingerprint density at radius 3 is 2.86 bits per heavy atom. The highest BCUT2D eigenvalue weighted by molar-refractivity contribution is 5.82. The first-order valence-corrected chi connectivity index (χ1v) is 7.83. The van der Waals surface area contributed by atoms with Crippen molar-refractivity contribution < 1.29 is 14.4 Å². The Labute approximate surface area is 125 Å². The van der Waals surface area contributed by atoms with Gasteiger partial charge in [0.2, 0.25) is 0 Å². The van der Waals surface area contributed by atoms with Gasteiger partial charge in [-0.25, -0.2) is 0 Å². The molecule has 4 heteroatoms. The number of esters is 1. The molecular formula is C17H23N2O2+. The highest BCUT2D eigenvalue weighted by atomic mass is 16.5. The number of H-pyrrole nitrogens is 1. The van der Waals surface area contributed by atoms with E-state index in [1.165, 1.54) is 16.5 Å². The second-order valence-electron chi connectivity index (χ2n) is 5.81. The van der Waals surface area contributed by atoms with Crippen LogP contribution in [0.2, 0.25) is 0 Å². The number of carbonyl (C=O) groups excluding carboxylic acids is 1. The Balaban J connectivity index is 1.59. The fourth-order valence-electron chi connectivity index (χ4n) is 3.25. The van der Waals surface area contributed by atoms with Crippen molar-refractivity contribution in [3.63, 3.8) is 0 Å². The van der Waals surface area contributed by atoms with E-state index in [4.69, 9.17) is 4.74 Å². The summed E-state index contributed by atoms with van der Waals surface area (Å²) in [5, 5.41) is 1.32. The summed E-state index contributed by atoms with van der Waals surface area (Å²) < 4.78 is 5.13. The zero-order valence-electron chi connectivity index (χ0n) is 12.5. The van der Waals surface area contributed by atoms with Crippen molar-refractivity contribution in [2.45, 2.75) is 26.3 Å². The monoisotopic (exact) mass is 287 g/mol. The SMILES string of the molecule is CCOC(=O)C1CC[NH+](Cc2c[nH]c3ccccc23)CC1. The first-order valence-electron chi connectivity index (χ1n) is 7.83. The van der Waals surface area contributed by atoms with Gasteiger partial charge in [-0.15, -0.1) is 0 Å². The summed E-state index contributed by atoms with van der Waals surface area (Å²) in [4.78, 5) is 16.6. The number of para-hydroxylation sites is 1. The van der Waals surface area contributed by atoms with E-state index in [0.717, 1.165) is 32.5 Å². The van der Waals surface area contributed by atoms with Gasteiger partial charge in [-0.2, -0.15) is 0 Å². The smallest absolute Gasteiger partial charge is 0.309 e. The minimum atomic E-state index is -0.0105. The number of benzene rings is 1. The molecule has 0 spiro atoms. The van der Waals surface area contributed by atoms with Crippen molar-refractivity contribution in [1.29, 1.82) is 0 Å². The molecule has 0 atom stereocenters. The summed E-state index contributed by atoms with van der Waals surface area (Å²) in [5.41, 5.74) is 2.57. The van der Waals surface area contributed by atoms with E-state index in [0.29, 0.717) is 6.61 Å². The summed E-state index contributed by atoms with van der Waals surface area (Å²) in [5.74, 6) is 0.0975. The number of hydrogen-bond acceptors (Lipinski definition) is 2. The maximum atomic E-state index is 11.8. The van der Waals surface area contributed by atoms with Gasteiger partial charge in [0, 0.05) is 35.5 Å². The lowest BCUT2D eigenvalue weighted by Crippen LogP contribution is -3.11. The molecule has 112 valence electrons. The van der Waals surface area contributed by atoms with E-state index in [-0.39, 0.29) is 11.9 Å². The quantitative estimate of drug-likeness (QED) is 0.838. The molecule has 2 heterocycles. The Hall–Kier alpha value is -1.81. The molecular weight excluding hydrogens is 264 g/mol. The van der Waals surface area contributed by atoms with Crippen LogP contribution in [0.1, 0.15) is 25.3 Å². The van der Waals surface area contributed by atoms with Gasteiger partial charge in [-0.05, 0) is 13.0 Å². The third-order valence-electron chi connectivity index (χ3n) is 4.43. The van der Waals surface area contributed by atoms with Crippen LogP contribution in [0.4, 0.5) is 0 Å². The predicted octanol–water partition coefficient (Wildman–Crippen LogP) is 1.53. The average molecular weight is 287 g/mol. The number of aromatic nitrogens is 1. The first-order chi connectivity index (χ1) is 10.3. The second kappa shape index (κ2) is 6.31. The Morgan fingerprint density at radius 2 is 2.10 bits per heavy atom. The van der Waals surface area contributed by atoms with Crippen LogP contribution in [0.3, 0.4) is 0 Å². The lowest BCUT2D eigenvalue weighted by molar-refractivity contribution is -0.919. The van der Waals surface area contributed by atoms with Crippen molar-refractivity contribution in [1.82, 2.24) is 4.98 Å². The van der Waals surface area contributed by atoms with E-state index in [2.05, 4.69) is 35.4 Å². The zero-order valence-corrected chi connectivity index (χ0v) is 12.5. The second-order valence-corrected chi connectivity index (χ2v) is 5.81. The third-order valence-corrected chi connectivity index (χ3v) is 4.43. The number of ether oxygens (including phenoxy) is 1. The highest BCUT2D eigenvalue weighted by Crippen LogP contribution is 2.17. The van der Waals surface area contributed by atoms with E-state index in [1.54, 1.807) is 4.90 Å². The maximum Gasteiger partial charge on any atom is 0.309 e. The number of nitrogens with one attached hydrogen (secondary N) is 2. The number of fused-ring (bicyclic) bond motifs is 1. The van der Waals surface area contributed by atoms with Gasteiger partial charge >= 0.3 is 5.97 Å². The van der Waals surface area contributed by atoms with Crippen LogP contribution in [0.25, 0.3) is 10.9 Å². The standard InChI is InChI=1S/C17H22N2O2/c1-2-21-17(20)13-7-9-19(10-8-13)12-14-11-18-16-6-4-3-5-15(14)16/h3-6,11,13,18H,2,7-10,12H2,1H3/p+1. The molecule has 1 saturated heterocycles. The predicted molar refractivity (Wildman–Crippen MR) is 82.1 cm³/mol. The van der Waals surface area contributed by atoms with E-state index >= 15 is 0 Å². The molecule has 4 nitrogen and oxygen atoms in total. The lowest BCUT2D eigenvalue weighted by atomic mass is 9.96. The summed E-state index contributed by atoms with van der Waals surface area (Å²) in [6, 6.07) is 8.43. The molecule has 1 aliphatic rings. The molecule has 1 aromatic heterocycles. The molecule has 1 aromatic carbocycles. The molecule has 0 aliphatic carbocycles. The summed E-state index contributed by atoms with van der Waals surface area (Å²) in [6.45, 7) is 5.47. The fourth-order valence-corrected chi connectivity index (χ4v) is 3.25. The van der Waals surface area contributed by atoms with Gasteiger partial charge in [-0.3, -0.25) is 4.79 Å². The molecule has 2 aromatic rings. The molecule has 0 bridgehead atoms. The van der Waals surface area contributed by atoms with Gasteiger partial charge < -0.3 is 14.6 Å². The number of rotatable bonds is 4. The van der Waals surface area contributed by atoms with E-state index in [1.807, 2.05) is 6.92 Å². The first kappa shape index (κ1) is 14.1. The molecule has 1 aliphatic heterocycles. The third kappa shape index (κ3) is 3.10. The minimum absolute atomic E-state index is 0.0105. The molecule has 0 radical (unpaired) electrons. The van der Waals surface area contributed by atoms with Gasteiger partial charge in [0.25, 0.3) is 0 Å². The molecule has 0 saturated carbocycles. The van der Waals surface area contributed by atoms with Crippen LogP contribution < -0.4 is 4.90 Å². The molecule has 0 unspecified atom stereocenters. The van der Waals surface area contributed by atoms with Gasteiger partial charge in [0.1, 0.15) is 6.54 Å². The Morgan fingerprint density at radius 1 is 1.33 bits per heavy atom. The van der Waals surface area contributed by atoms with Gasteiger partial charge in [0.15, 0.2) is 0 Å². The summed E-state index contributed by atoms with van der Waals surface area (Å²) in [7, 11) is 0. The summed E-state index contributed by atoms with van der Waals surface area (Å²) >= 11 is 0. The van der Waals surface area contributed by atoms with Crippen LogP contribution in [-0.4, -0.2) is 30.6 Å². The van der Waals surface area contributed by atoms with Crippen molar-refractivity contribution in [2.75, 3.05) is 19.7 Å². The minimum Gasteiger partial charge on any atom is -0.466 e. The molecule has 2 N–H and O–H groups in total. The Kier molecular flexibility index (Phi) is 4.25. The van der Waals surface area contributed by atoms with Gasteiger partial charge in [0.05, 0.1) is 25.6 Å². The van der Waals surface area contributed by atoms with Crippen molar-refractivity contribution in [3.8, 4) is 0 Å². The number of likely N-dealkylation sites (tertiary alicyclic amines) is 1. The number of quaternary nitrogens is 1. The fraction of sp³-hybridized carbons (Fsp3) is 0.471. The van der Waals surface area contributed by atoms with Crippen LogP contribution in [0.5, 0.6) is 0 Å². The molecule has 3 rings (SSSR count). The molecule has 1 fully saturated rings. The number of carbonyl (C=O) groups is 1. The normalized spacial score (nSPS) is 22.3. The molecule has 21 heavy (non-hydrogen) atoms. The van der Waals surface area contributed by atoms with E-state index < -0.39 is 0 Å². The number of piperidine rings is 1. The van der Waals surface area contributed by atoms with Crippen molar-refractivity contribution in [3.05, 3.63) is 36.0 Å². The number of hydrogen-bond donors (Lipinski definition) is 2. The maximum absolute atomic E-state index is 11.8. The topological polar surface area (TPSA) is 46.5 Å². The zero-order chi connectivity index (χ0) is 14.7. The lowest BCUT2D eigenvalue weighted by Gasteiger charge is -2.28. The molecule has 0 amide bonds. The van der Waals surface area contributed by atoms with Crippen molar-refractivity contribution >= 4 is 16.9 Å². The van der Waals surface area contributed by atoms with Gasteiger partial charge in [-0.1, -0.05) is 18.2 Å². The van der Waals surface area contributed by atoms with Crippen LogP contribution >= 0.6 is 0 Å².